The second-order valence-electron chi connectivity index (χ2n) is 7.68. The first kappa shape index (κ1) is 19.9. The third-order valence-corrected chi connectivity index (χ3v) is 9.17. The third-order valence-electron chi connectivity index (χ3n) is 4.57. The van der Waals surface area contributed by atoms with Crippen LogP contribution in [-0.4, -0.2) is 14.4 Å². The Balaban J connectivity index is 3.64. The van der Waals surface area contributed by atoms with Crippen molar-refractivity contribution in [2.75, 3.05) is 0 Å². The predicted molar refractivity (Wildman–Crippen MR) is 94.9 cm³/mol. The lowest BCUT2D eigenvalue weighted by atomic mass is 10.1. The SMILES string of the molecule is C=CCCCCCCCC[C@H](C)O[Si](C)(C)C(C)(C)C. The van der Waals surface area contributed by atoms with Crippen LogP contribution in [0.1, 0.15) is 79.1 Å². The Morgan fingerprint density at radius 1 is 1.00 bits per heavy atom. The van der Waals surface area contributed by atoms with Gasteiger partial charge in [-0.15, -0.1) is 6.58 Å². The number of allylic oxidation sites excluding steroid dienone is 1. The first-order chi connectivity index (χ1) is 9.20. The zero-order chi connectivity index (χ0) is 15.6. The zero-order valence-electron chi connectivity index (χ0n) is 14.9. The van der Waals surface area contributed by atoms with E-state index in [1.165, 1.54) is 51.4 Å². The van der Waals surface area contributed by atoms with Crippen LogP contribution in [0, 0.1) is 0 Å². The summed E-state index contributed by atoms with van der Waals surface area (Å²) in [4.78, 5) is 0. The van der Waals surface area contributed by atoms with Crippen LogP contribution in [0.5, 0.6) is 0 Å². The van der Waals surface area contributed by atoms with Gasteiger partial charge in [-0.25, -0.2) is 0 Å². The summed E-state index contributed by atoms with van der Waals surface area (Å²) in [6, 6.07) is 0. The van der Waals surface area contributed by atoms with Crippen LogP contribution in [-0.2, 0) is 4.43 Å². The van der Waals surface area contributed by atoms with Gasteiger partial charge in [0.05, 0.1) is 0 Å². The standard InChI is InChI=1S/C18H38OSi/c1-8-9-10-11-12-13-14-15-16-17(2)19-20(6,7)18(3,4)5/h8,17H,1,9-16H2,2-7H3/t17-/m0/s1. The molecule has 1 nitrogen and oxygen atoms in total. The Hall–Kier alpha value is -0.0831. The molecule has 0 saturated carbocycles. The average molecular weight is 299 g/mol. The van der Waals surface area contributed by atoms with Crippen molar-refractivity contribution >= 4 is 8.32 Å². The summed E-state index contributed by atoms with van der Waals surface area (Å²) in [5.74, 6) is 0. The van der Waals surface area contributed by atoms with Gasteiger partial charge in [-0.3, -0.25) is 0 Å². The fourth-order valence-electron chi connectivity index (χ4n) is 2.17. The molecule has 0 aromatic carbocycles. The molecule has 1 atom stereocenters. The Morgan fingerprint density at radius 3 is 2.00 bits per heavy atom. The van der Waals surface area contributed by atoms with Gasteiger partial charge in [0.25, 0.3) is 0 Å². The van der Waals surface area contributed by atoms with E-state index in [4.69, 9.17) is 4.43 Å². The molecule has 0 radical (unpaired) electrons. The van der Waals surface area contributed by atoms with Crippen molar-refractivity contribution in [3.8, 4) is 0 Å². The minimum absolute atomic E-state index is 0.326. The largest absolute Gasteiger partial charge is 0.414 e. The van der Waals surface area contributed by atoms with Gasteiger partial charge < -0.3 is 4.43 Å². The highest BCUT2D eigenvalue weighted by Crippen LogP contribution is 2.37. The molecule has 20 heavy (non-hydrogen) atoms. The summed E-state index contributed by atoms with van der Waals surface area (Å²) < 4.78 is 6.39. The van der Waals surface area contributed by atoms with Gasteiger partial charge in [-0.2, -0.15) is 0 Å². The highest BCUT2D eigenvalue weighted by Gasteiger charge is 2.38. The molecular weight excluding hydrogens is 260 g/mol. The summed E-state index contributed by atoms with van der Waals surface area (Å²) >= 11 is 0. The topological polar surface area (TPSA) is 9.23 Å². The molecule has 0 fully saturated rings. The normalized spacial score (nSPS) is 14.3. The van der Waals surface area contributed by atoms with Gasteiger partial charge in [-0.1, -0.05) is 59.0 Å². The summed E-state index contributed by atoms with van der Waals surface area (Å²) in [6.45, 7) is 17.7. The summed E-state index contributed by atoms with van der Waals surface area (Å²) in [6.07, 6.45) is 13.0. The van der Waals surface area contributed by atoms with Crippen molar-refractivity contribution in [1.82, 2.24) is 0 Å². The van der Waals surface area contributed by atoms with Crippen LogP contribution in [0.3, 0.4) is 0 Å². The minimum Gasteiger partial charge on any atom is -0.414 e. The van der Waals surface area contributed by atoms with Crippen LogP contribution in [0.25, 0.3) is 0 Å². The van der Waals surface area contributed by atoms with E-state index >= 15 is 0 Å². The maximum atomic E-state index is 6.39. The van der Waals surface area contributed by atoms with Crippen molar-refractivity contribution < 1.29 is 4.43 Å². The molecule has 0 heterocycles. The monoisotopic (exact) mass is 298 g/mol. The van der Waals surface area contributed by atoms with Gasteiger partial charge in [0.15, 0.2) is 8.32 Å². The smallest absolute Gasteiger partial charge is 0.192 e. The van der Waals surface area contributed by atoms with Crippen LogP contribution < -0.4 is 0 Å². The maximum Gasteiger partial charge on any atom is 0.192 e. The van der Waals surface area contributed by atoms with E-state index in [-0.39, 0.29) is 0 Å². The maximum absolute atomic E-state index is 6.39. The molecule has 0 aliphatic rings. The lowest BCUT2D eigenvalue weighted by Crippen LogP contribution is -2.43. The number of unbranched alkanes of at least 4 members (excludes halogenated alkanes) is 6. The molecular formula is C18H38OSi. The lowest BCUT2D eigenvalue weighted by molar-refractivity contribution is 0.185. The molecule has 0 spiro atoms. The lowest BCUT2D eigenvalue weighted by Gasteiger charge is -2.38. The molecule has 0 aromatic heterocycles. The van der Waals surface area contributed by atoms with Gasteiger partial charge >= 0.3 is 0 Å². The average Bonchev–Trinajstić information content (AvgIpc) is 2.30. The number of hydrogen-bond acceptors (Lipinski definition) is 1. The second kappa shape index (κ2) is 9.78. The molecule has 0 aromatic rings. The molecule has 2 heteroatoms. The fraction of sp³-hybridized carbons (Fsp3) is 0.889. The summed E-state index contributed by atoms with van der Waals surface area (Å²) in [7, 11) is -1.57. The van der Waals surface area contributed by atoms with E-state index in [1.54, 1.807) is 0 Å². The van der Waals surface area contributed by atoms with Gasteiger partial charge in [-0.05, 0) is 44.3 Å². The molecule has 0 N–H and O–H groups in total. The Bertz CT molecular complexity index is 253. The zero-order valence-corrected chi connectivity index (χ0v) is 15.9. The predicted octanol–water partition coefficient (Wildman–Crippen LogP) is 6.70. The van der Waals surface area contributed by atoms with Crippen LogP contribution in [0.15, 0.2) is 12.7 Å². The Morgan fingerprint density at radius 2 is 1.50 bits per heavy atom. The van der Waals surface area contributed by atoms with E-state index in [2.05, 4.69) is 47.4 Å². The van der Waals surface area contributed by atoms with Crippen LogP contribution in [0.4, 0.5) is 0 Å². The van der Waals surface area contributed by atoms with Crippen molar-refractivity contribution in [3.63, 3.8) is 0 Å². The number of hydrogen-bond donors (Lipinski definition) is 0. The molecule has 0 unspecified atom stereocenters. The molecule has 0 amide bonds. The van der Waals surface area contributed by atoms with Crippen molar-refractivity contribution in [1.29, 1.82) is 0 Å². The van der Waals surface area contributed by atoms with Gasteiger partial charge in [0.2, 0.25) is 0 Å². The third kappa shape index (κ3) is 8.96. The highest BCUT2D eigenvalue weighted by molar-refractivity contribution is 6.74. The Labute approximate surface area is 129 Å². The number of rotatable bonds is 11. The fourth-order valence-corrected chi connectivity index (χ4v) is 3.64. The minimum atomic E-state index is -1.57. The molecule has 120 valence electrons. The molecule has 0 rings (SSSR count). The highest BCUT2D eigenvalue weighted by atomic mass is 28.4. The van der Waals surface area contributed by atoms with Crippen LogP contribution in [0.2, 0.25) is 18.1 Å². The van der Waals surface area contributed by atoms with E-state index in [0.29, 0.717) is 11.1 Å². The molecule has 0 saturated heterocycles. The second-order valence-corrected chi connectivity index (χ2v) is 12.4. The van der Waals surface area contributed by atoms with E-state index < -0.39 is 8.32 Å². The first-order valence-corrected chi connectivity index (χ1v) is 11.4. The molecule has 0 bridgehead atoms. The van der Waals surface area contributed by atoms with Crippen molar-refractivity contribution in [2.24, 2.45) is 0 Å². The van der Waals surface area contributed by atoms with Gasteiger partial charge in [0.1, 0.15) is 0 Å². The Kier molecular flexibility index (Phi) is 9.74. The van der Waals surface area contributed by atoms with Crippen LogP contribution >= 0.6 is 0 Å². The van der Waals surface area contributed by atoms with E-state index in [9.17, 15) is 0 Å². The molecule has 0 aliphatic carbocycles. The van der Waals surface area contributed by atoms with E-state index in [0.717, 1.165) is 0 Å². The van der Waals surface area contributed by atoms with Crippen molar-refractivity contribution in [3.05, 3.63) is 12.7 Å². The van der Waals surface area contributed by atoms with Crippen molar-refractivity contribution in [2.45, 2.75) is 103 Å². The van der Waals surface area contributed by atoms with E-state index in [1.807, 2.05) is 6.08 Å². The molecule has 0 aliphatic heterocycles. The first-order valence-electron chi connectivity index (χ1n) is 8.49. The summed E-state index contributed by atoms with van der Waals surface area (Å²) in [5.41, 5.74) is 0. The van der Waals surface area contributed by atoms with Gasteiger partial charge in [0, 0.05) is 6.10 Å². The summed E-state index contributed by atoms with van der Waals surface area (Å²) in [5, 5.41) is 0.326. The quantitative estimate of drug-likeness (QED) is 0.234.